The van der Waals surface area contributed by atoms with E-state index >= 15 is 0 Å². The number of carbonyl (C=O) groups excluding carboxylic acids is 1. The lowest BCUT2D eigenvalue weighted by Gasteiger charge is -2.05. The highest BCUT2D eigenvalue weighted by Gasteiger charge is 2.10. The van der Waals surface area contributed by atoms with Crippen molar-refractivity contribution in [1.29, 1.82) is 0 Å². The number of aromatic amines is 1. The topological polar surface area (TPSA) is 57.8 Å². The maximum absolute atomic E-state index is 12.2. The molecule has 1 aromatic carbocycles. The second-order valence-electron chi connectivity index (χ2n) is 4.41. The molecule has 0 radical (unpaired) electrons. The van der Waals surface area contributed by atoms with Crippen LogP contribution in [-0.4, -0.2) is 15.9 Å². The van der Waals surface area contributed by atoms with Crippen LogP contribution in [0.3, 0.4) is 0 Å². The van der Waals surface area contributed by atoms with Crippen LogP contribution in [0.4, 0.5) is 5.69 Å². The molecule has 0 aliphatic rings. The van der Waals surface area contributed by atoms with E-state index in [4.69, 9.17) is 0 Å². The summed E-state index contributed by atoms with van der Waals surface area (Å²) in [7, 11) is 0. The summed E-state index contributed by atoms with van der Waals surface area (Å²) in [5, 5.41) is 3.88. The van der Waals surface area contributed by atoms with E-state index in [1.807, 2.05) is 43.3 Å². The van der Waals surface area contributed by atoms with Gasteiger partial charge in [0.15, 0.2) is 0 Å². The first kappa shape index (κ1) is 11.5. The molecule has 0 aliphatic carbocycles. The van der Waals surface area contributed by atoms with E-state index in [2.05, 4.69) is 15.3 Å². The molecule has 2 heterocycles. The minimum absolute atomic E-state index is 0.160. The molecule has 0 saturated carbocycles. The van der Waals surface area contributed by atoms with Crippen molar-refractivity contribution < 1.29 is 4.79 Å². The summed E-state index contributed by atoms with van der Waals surface area (Å²) in [6.45, 7) is 1.93. The second kappa shape index (κ2) is 4.57. The van der Waals surface area contributed by atoms with Gasteiger partial charge in [0.25, 0.3) is 5.91 Å². The Hall–Kier alpha value is -2.62. The maximum atomic E-state index is 12.2. The zero-order chi connectivity index (χ0) is 13.2. The average molecular weight is 251 g/mol. The fourth-order valence-corrected chi connectivity index (χ4v) is 1.98. The van der Waals surface area contributed by atoms with Crippen LogP contribution in [0.25, 0.3) is 10.9 Å². The van der Waals surface area contributed by atoms with Crippen LogP contribution < -0.4 is 5.32 Å². The van der Waals surface area contributed by atoms with Gasteiger partial charge in [-0.1, -0.05) is 18.2 Å². The SMILES string of the molecule is Cc1ccncc1NC(=O)c1cc2ccccc2[nH]1. The molecule has 3 rings (SSSR count). The van der Waals surface area contributed by atoms with Crippen molar-refractivity contribution in [2.24, 2.45) is 0 Å². The minimum Gasteiger partial charge on any atom is -0.351 e. The van der Waals surface area contributed by atoms with Crippen LogP contribution in [0.2, 0.25) is 0 Å². The first-order chi connectivity index (χ1) is 9.24. The van der Waals surface area contributed by atoms with Crippen molar-refractivity contribution >= 4 is 22.5 Å². The molecule has 0 saturated heterocycles. The van der Waals surface area contributed by atoms with E-state index in [-0.39, 0.29) is 5.91 Å². The minimum atomic E-state index is -0.160. The van der Waals surface area contributed by atoms with E-state index in [0.29, 0.717) is 5.69 Å². The molecule has 0 bridgehead atoms. The van der Waals surface area contributed by atoms with Gasteiger partial charge in [-0.05, 0) is 30.7 Å². The average Bonchev–Trinajstić information content (AvgIpc) is 2.85. The van der Waals surface area contributed by atoms with E-state index in [1.165, 1.54) is 0 Å². The third-order valence-electron chi connectivity index (χ3n) is 3.06. The van der Waals surface area contributed by atoms with Crippen LogP contribution >= 0.6 is 0 Å². The van der Waals surface area contributed by atoms with Gasteiger partial charge < -0.3 is 10.3 Å². The van der Waals surface area contributed by atoms with Crippen LogP contribution in [0.15, 0.2) is 48.8 Å². The molecule has 4 heteroatoms. The van der Waals surface area contributed by atoms with Crippen molar-refractivity contribution in [3.8, 4) is 0 Å². The monoisotopic (exact) mass is 251 g/mol. The van der Waals surface area contributed by atoms with E-state index in [1.54, 1.807) is 12.4 Å². The number of hydrogen-bond acceptors (Lipinski definition) is 2. The number of fused-ring (bicyclic) bond motifs is 1. The number of rotatable bonds is 2. The van der Waals surface area contributed by atoms with E-state index in [9.17, 15) is 4.79 Å². The van der Waals surface area contributed by atoms with E-state index in [0.717, 1.165) is 22.2 Å². The van der Waals surface area contributed by atoms with Crippen molar-refractivity contribution in [3.05, 3.63) is 60.0 Å². The number of benzene rings is 1. The normalized spacial score (nSPS) is 10.6. The Morgan fingerprint density at radius 1 is 1.26 bits per heavy atom. The van der Waals surface area contributed by atoms with Crippen molar-refractivity contribution in [1.82, 2.24) is 9.97 Å². The van der Waals surface area contributed by atoms with Gasteiger partial charge in [-0.2, -0.15) is 0 Å². The number of aryl methyl sites for hydroxylation is 1. The molecule has 4 nitrogen and oxygen atoms in total. The molecule has 94 valence electrons. The lowest BCUT2D eigenvalue weighted by molar-refractivity contribution is 0.102. The highest BCUT2D eigenvalue weighted by Crippen LogP contribution is 2.17. The molecular weight excluding hydrogens is 238 g/mol. The highest BCUT2D eigenvalue weighted by molar-refractivity contribution is 6.06. The lowest BCUT2D eigenvalue weighted by Crippen LogP contribution is -2.13. The van der Waals surface area contributed by atoms with Gasteiger partial charge in [-0.3, -0.25) is 9.78 Å². The summed E-state index contributed by atoms with van der Waals surface area (Å²) in [5.41, 5.74) is 3.21. The zero-order valence-corrected chi connectivity index (χ0v) is 10.5. The van der Waals surface area contributed by atoms with Gasteiger partial charge in [0.2, 0.25) is 0 Å². The quantitative estimate of drug-likeness (QED) is 0.735. The summed E-state index contributed by atoms with van der Waals surface area (Å²) in [6, 6.07) is 11.5. The van der Waals surface area contributed by atoms with Gasteiger partial charge in [-0.25, -0.2) is 0 Å². The Morgan fingerprint density at radius 2 is 2.11 bits per heavy atom. The molecule has 0 fully saturated rings. The molecular formula is C15H13N3O. The third kappa shape index (κ3) is 2.20. The smallest absolute Gasteiger partial charge is 0.272 e. The Labute approximate surface area is 110 Å². The standard InChI is InChI=1S/C15H13N3O/c1-10-6-7-16-9-14(10)18-15(19)13-8-11-4-2-3-5-12(11)17-13/h2-9,17H,1H3,(H,18,19). The molecule has 0 unspecified atom stereocenters. The molecule has 0 spiro atoms. The van der Waals surface area contributed by atoms with Crippen molar-refractivity contribution in [3.63, 3.8) is 0 Å². The number of H-pyrrole nitrogens is 1. The van der Waals surface area contributed by atoms with Crippen molar-refractivity contribution in [2.75, 3.05) is 5.32 Å². The Morgan fingerprint density at radius 3 is 2.89 bits per heavy atom. The number of hydrogen-bond donors (Lipinski definition) is 2. The summed E-state index contributed by atoms with van der Waals surface area (Å²) in [5.74, 6) is -0.160. The summed E-state index contributed by atoms with van der Waals surface area (Å²) >= 11 is 0. The molecule has 1 amide bonds. The summed E-state index contributed by atoms with van der Waals surface area (Å²) in [6.07, 6.45) is 3.35. The van der Waals surface area contributed by atoms with Gasteiger partial charge in [0.1, 0.15) is 5.69 Å². The molecule has 19 heavy (non-hydrogen) atoms. The number of pyridine rings is 1. The first-order valence-corrected chi connectivity index (χ1v) is 6.04. The maximum Gasteiger partial charge on any atom is 0.272 e. The number of amides is 1. The number of nitrogens with one attached hydrogen (secondary N) is 2. The van der Waals surface area contributed by atoms with Gasteiger partial charge in [-0.15, -0.1) is 0 Å². The first-order valence-electron chi connectivity index (χ1n) is 6.04. The number of nitrogens with zero attached hydrogens (tertiary/aromatic N) is 1. The van der Waals surface area contributed by atoms with Gasteiger partial charge in [0, 0.05) is 17.1 Å². The van der Waals surface area contributed by atoms with Crippen LogP contribution in [0.5, 0.6) is 0 Å². The predicted molar refractivity (Wildman–Crippen MR) is 75.2 cm³/mol. The lowest BCUT2D eigenvalue weighted by atomic mass is 10.2. The summed E-state index contributed by atoms with van der Waals surface area (Å²) < 4.78 is 0. The van der Waals surface area contributed by atoms with Crippen LogP contribution in [-0.2, 0) is 0 Å². The fraction of sp³-hybridized carbons (Fsp3) is 0.0667. The van der Waals surface area contributed by atoms with Crippen LogP contribution in [0, 0.1) is 6.92 Å². The third-order valence-corrected chi connectivity index (χ3v) is 3.06. The van der Waals surface area contributed by atoms with Gasteiger partial charge in [0.05, 0.1) is 11.9 Å². The second-order valence-corrected chi connectivity index (χ2v) is 4.41. The molecule has 2 N–H and O–H groups in total. The molecule has 0 aliphatic heterocycles. The molecule has 2 aromatic heterocycles. The zero-order valence-electron chi connectivity index (χ0n) is 10.5. The Kier molecular flexibility index (Phi) is 2.76. The van der Waals surface area contributed by atoms with Crippen LogP contribution in [0.1, 0.15) is 16.1 Å². The predicted octanol–water partition coefficient (Wildman–Crippen LogP) is 3.12. The van der Waals surface area contributed by atoms with E-state index < -0.39 is 0 Å². The molecule has 0 atom stereocenters. The number of aromatic nitrogens is 2. The molecule has 3 aromatic rings. The number of para-hydroxylation sites is 1. The fourth-order valence-electron chi connectivity index (χ4n) is 1.98. The highest BCUT2D eigenvalue weighted by atomic mass is 16.1. The van der Waals surface area contributed by atoms with Crippen molar-refractivity contribution in [2.45, 2.75) is 6.92 Å². The Balaban J connectivity index is 1.90. The Bertz CT molecular complexity index is 713. The van der Waals surface area contributed by atoms with Gasteiger partial charge >= 0.3 is 0 Å². The number of carbonyl (C=O) groups is 1. The largest absolute Gasteiger partial charge is 0.351 e. The summed E-state index contributed by atoms with van der Waals surface area (Å²) in [4.78, 5) is 19.3. The number of anilines is 1.